The molecule has 0 spiro atoms. The molecule has 2 aliphatic heterocycles. The average molecular weight is 403 g/mol. The zero-order valence-corrected chi connectivity index (χ0v) is 14.1. The maximum atomic E-state index is 11.7. The Morgan fingerprint density at radius 1 is 0.923 bits per heavy atom. The van der Waals surface area contributed by atoms with Crippen molar-refractivity contribution in [1.82, 2.24) is 0 Å². The molecule has 12 atom stereocenters. The predicted molar refractivity (Wildman–Crippen MR) is 78.2 cm³/mol. The lowest BCUT2D eigenvalue weighted by Gasteiger charge is -2.45. The Morgan fingerprint density at radius 2 is 1.54 bits per heavy atom. The summed E-state index contributed by atoms with van der Waals surface area (Å²) in [6.07, 6.45) is -15.5. The zero-order chi connectivity index (χ0) is 19.4. The number of aliphatic hydroxyl groups is 6. The van der Waals surface area contributed by atoms with Crippen molar-refractivity contribution in [1.29, 1.82) is 0 Å². The molecular weight excluding hydrogens is 381 g/mol. The van der Waals surface area contributed by atoms with Crippen LogP contribution in [0.4, 0.5) is 0 Å². The van der Waals surface area contributed by atoms with Crippen LogP contribution in [0.1, 0.15) is 0 Å². The third kappa shape index (κ3) is 3.44. The van der Waals surface area contributed by atoms with Crippen molar-refractivity contribution in [2.24, 2.45) is 5.73 Å². The molecule has 2 saturated heterocycles. The van der Waals surface area contributed by atoms with Gasteiger partial charge >= 0.3 is 7.82 Å². The molecule has 14 heteroatoms. The summed E-state index contributed by atoms with van der Waals surface area (Å²) < 4.78 is 31.9. The summed E-state index contributed by atoms with van der Waals surface area (Å²) in [5.74, 6) is 0. The summed E-state index contributed by atoms with van der Waals surface area (Å²) >= 11 is 0. The quantitative estimate of drug-likeness (QED) is 0.207. The lowest BCUT2D eigenvalue weighted by Crippen LogP contribution is -2.67. The molecule has 1 aliphatic carbocycles. The minimum Gasteiger partial charge on any atom is -0.394 e. The number of aliphatic hydroxyl groups excluding tert-OH is 6. The van der Waals surface area contributed by atoms with Gasteiger partial charge in [-0.1, -0.05) is 0 Å². The smallest absolute Gasteiger partial charge is 0.394 e. The molecule has 0 aromatic rings. The van der Waals surface area contributed by atoms with Crippen LogP contribution < -0.4 is 5.73 Å². The first kappa shape index (κ1) is 20.5. The molecule has 0 aromatic heterocycles. The van der Waals surface area contributed by atoms with E-state index in [1.807, 2.05) is 0 Å². The lowest BCUT2D eigenvalue weighted by molar-refractivity contribution is -0.308. The Labute approximate surface area is 147 Å². The van der Waals surface area contributed by atoms with Gasteiger partial charge < -0.3 is 50.7 Å². The van der Waals surface area contributed by atoms with Gasteiger partial charge in [0.05, 0.1) is 12.6 Å². The fourth-order valence-electron chi connectivity index (χ4n) is 3.28. The highest BCUT2D eigenvalue weighted by atomic mass is 31.2. The van der Waals surface area contributed by atoms with Crippen LogP contribution in [0, 0.1) is 0 Å². The van der Waals surface area contributed by atoms with Crippen LogP contribution in [0.5, 0.6) is 0 Å². The zero-order valence-electron chi connectivity index (χ0n) is 13.3. The van der Waals surface area contributed by atoms with Gasteiger partial charge in [0.25, 0.3) is 0 Å². The van der Waals surface area contributed by atoms with Crippen molar-refractivity contribution in [3.63, 3.8) is 0 Å². The van der Waals surface area contributed by atoms with Crippen LogP contribution in [0.25, 0.3) is 0 Å². The van der Waals surface area contributed by atoms with Crippen LogP contribution in [0.3, 0.4) is 0 Å². The fraction of sp³-hybridized carbons (Fsp3) is 1.00. The topological polar surface area (TPSA) is 222 Å². The molecule has 13 nitrogen and oxygen atoms in total. The van der Waals surface area contributed by atoms with Gasteiger partial charge in [-0.15, -0.1) is 0 Å². The van der Waals surface area contributed by atoms with E-state index in [1.54, 1.807) is 0 Å². The Balaban J connectivity index is 1.81. The molecule has 9 N–H and O–H groups in total. The van der Waals surface area contributed by atoms with Gasteiger partial charge in [0.1, 0.15) is 54.9 Å². The van der Waals surface area contributed by atoms with Gasteiger partial charge in [0, 0.05) is 0 Å². The number of nitrogens with two attached hydrogens (primary N) is 1. The van der Waals surface area contributed by atoms with Gasteiger partial charge in [-0.25, -0.2) is 4.57 Å². The first-order valence-corrected chi connectivity index (χ1v) is 9.34. The average Bonchev–Trinajstić information content (AvgIpc) is 2.92. The van der Waals surface area contributed by atoms with E-state index in [1.165, 1.54) is 0 Å². The summed E-state index contributed by atoms with van der Waals surface area (Å²) in [6, 6.07) is -1.31. The first-order valence-electron chi connectivity index (χ1n) is 7.84. The lowest BCUT2D eigenvalue weighted by atomic mass is 9.84. The largest absolute Gasteiger partial charge is 0.473 e. The Kier molecular flexibility index (Phi) is 5.75. The summed E-state index contributed by atoms with van der Waals surface area (Å²) in [5.41, 5.74) is 5.73. The highest BCUT2D eigenvalue weighted by Crippen LogP contribution is 2.56. The molecule has 3 rings (SSSR count). The molecular formula is C12H22NO12P. The van der Waals surface area contributed by atoms with Crippen LogP contribution in [0.15, 0.2) is 0 Å². The van der Waals surface area contributed by atoms with Crippen molar-refractivity contribution < 1.29 is 58.6 Å². The van der Waals surface area contributed by atoms with Gasteiger partial charge in [-0.3, -0.25) is 9.05 Å². The summed E-state index contributed by atoms with van der Waals surface area (Å²) in [5, 5.41) is 59.0. The number of phosphoric acid groups is 1. The van der Waals surface area contributed by atoms with Crippen molar-refractivity contribution in [3.05, 3.63) is 0 Å². The molecule has 26 heavy (non-hydrogen) atoms. The highest BCUT2D eigenvalue weighted by molar-refractivity contribution is 7.47. The molecule has 2 heterocycles. The van der Waals surface area contributed by atoms with Gasteiger partial charge in [-0.2, -0.15) is 0 Å². The van der Waals surface area contributed by atoms with Gasteiger partial charge in [0.2, 0.25) is 0 Å². The molecule has 3 fully saturated rings. The molecule has 0 amide bonds. The number of phosphoric ester groups is 1. The maximum Gasteiger partial charge on any atom is 0.473 e. The SMILES string of the molecule is N[C@H]1[C@@H](O[C@H]2[C@H](O)[C@@H](O)[C@H](O)[C@@H]3OP(=O)(O)O[C@H]23)O[C@H](CO)[C@@H](O)[C@@H]1O. The van der Waals surface area contributed by atoms with Crippen LogP contribution >= 0.6 is 7.82 Å². The van der Waals surface area contributed by atoms with E-state index in [2.05, 4.69) is 0 Å². The molecule has 0 aromatic carbocycles. The Hall–Kier alpha value is -0.250. The summed E-state index contributed by atoms with van der Waals surface area (Å²) in [7, 11) is -4.55. The minimum absolute atomic E-state index is 0.670. The normalized spacial score (nSPS) is 57.8. The second kappa shape index (κ2) is 7.29. The number of rotatable bonds is 3. The van der Waals surface area contributed by atoms with Crippen molar-refractivity contribution >= 4 is 7.82 Å². The van der Waals surface area contributed by atoms with Crippen LogP contribution in [0.2, 0.25) is 0 Å². The number of fused-ring (bicyclic) bond motifs is 1. The minimum atomic E-state index is -4.55. The third-order valence-electron chi connectivity index (χ3n) is 4.75. The van der Waals surface area contributed by atoms with E-state index in [9.17, 15) is 40.1 Å². The molecule has 0 bridgehead atoms. The van der Waals surface area contributed by atoms with E-state index in [4.69, 9.17) is 24.3 Å². The molecule has 152 valence electrons. The fourth-order valence-corrected chi connectivity index (χ4v) is 4.43. The monoisotopic (exact) mass is 403 g/mol. The third-order valence-corrected chi connectivity index (χ3v) is 5.77. The highest BCUT2D eigenvalue weighted by Gasteiger charge is 2.60. The molecule has 0 radical (unpaired) electrons. The van der Waals surface area contributed by atoms with Crippen molar-refractivity contribution in [3.8, 4) is 0 Å². The summed E-state index contributed by atoms with van der Waals surface area (Å²) in [4.78, 5) is 9.47. The number of ether oxygens (including phenoxy) is 2. The summed E-state index contributed by atoms with van der Waals surface area (Å²) in [6.45, 7) is -0.670. The van der Waals surface area contributed by atoms with Crippen molar-refractivity contribution in [2.45, 2.75) is 67.3 Å². The van der Waals surface area contributed by atoms with E-state index in [-0.39, 0.29) is 0 Å². The van der Waals surface area contributed by atoms with Gasteiger partial charge in [0.15, 0.2) is 6.29 Å². The van der Waals surface area contributed by atoms with Crippen LogP contribution in [-0.4, -0.2) is 109 Å². The Morgan fingerprint density at radius 3 is 2.15 bits per heavy atom. The van der Waals surface area contributed by atoms with Crippen LogP contribution in [-0.2, 0) is 23.1 Å². The Bertz CT molecular complexity index is 564. The number of hydrogen-bond acceptors (Lipinski definition) is 12. The maximum absolute atomic E-state index is 11.7. The molecule has 1 saturated carbocycles. The number of hydrogen-bond donors (Lipinski definition) is 8. The van der Waals surface area contributed by atoms with Gasteiger partial charge in [-0.05, 0) is 0 Å². The second-order valence-corrected chi connectivity index (χ2v) is 7.82. The van der Waals surface area contributed by atoms with E-state index in [0.717, 1.165) is 0 Å². The van der Waals surface area contributed by atoms with Crippen molar-refractivity contribution in [2.75, 3.05) is 6.61 Å². The van der Waals surface area contributed by atoms with E-state index < -0.39 is 81.7 Å². The molecule has 3 aliphatic rings. The van der Waals surface area contributed by atoms with E-state index >= 15 is 0 Å². The standard InChI is InChI=1S/C12H22NO12P/c13-3-5(16)4(15)2(1-14)22-12(3)23-9-7(18)6(17)8(19)10-11(9)25-26(20,21)24-10/h2-12,14-19H,1,13H2,(H,20,21)/t2-,3-,4-,5-,6-,7-,8+,9+,10+,11-,12-/m1/s1. The molecule has 1 unspecified atom stereocenters. The predicted octanol–water partition coefficient (Wildman–Crippen LogP) is -4.88. The second-order valence-electron chi connectivity index (χ2n) is 6.47. The van der Waals surface area contributed by atoms with E-state index in [0.29, 0.717) is 0 Å². The first-order chi connectivity index (χ1) is 12.1.